The third kappa shape index (κ3) is 2.94. The van der Waals surface area contributed by atoms with Crippen molar-refractivity contribution in [2.75, 3.05) is 19.5 Å². The number of carbonyl (C=O) groups is 1. The molecule has 3 N–H and O–H groups in total. The van der Waals surface area contributed by atoms with Crippen molar-refractivity contribution >= 4 is 32.6 Å². The van der Waals surface area contributed by atoms with Crippen LogP contribution in [0.1, 0.15) is 21.5 Å². The molecule has 1 atom stereocenters. The molecular weight excluding hydrogens is 350 g/mol. The van der Waals surface area contributed by atoms with Crippen molar-refractivity contribution in [3.63, 3.8) is 0 Å². The summed E-state index contributed by atoms with van der Waals surface area (Å²) in [6, 6.07) is 9.38. The quantitative estimate of drug-likeness (QED) is 0.741. The number of amides is 1. The highest BCUT2D eigenvalue weighted by molar-refractivity contribution is 7.22. The number of aromatic nitrogens is 1. The molecule has 4 rings (SSSR count). The lowest BCUT2D eigenvalue weighted by Gasteiger charge is -2.27. The predicted molar refractivity (Wildman–Crippen MR) is 102 cm³/mol. The van der Waals surface area contributed by atoms with Gasteiger partial charge in [0.05, 0.1) is 23.4 Å². The summed E-state index contributed by atoms with van der Waals surface area (Å²) in [6.45, 7) is 2.35. The first kappa shape index (κ1) is 16.7. The van der Waals surface area contributed by atoms with Crippen LogP contribution < -0.4 is 20.5 Å². The summed E-state index contributed by atoms with van der Waals surface area (Å²) >= 11 is 1.39. The number of hydrogen-bond acceptors (Lipinski definition) is 6. The van der Waals surface area contributed by atoms with E-state index in [4.69, 9.17) is 15.2 Å². The van der Waals surface area contributed by atoms with Gasteiger partial charge in [0, 0.05) is 11.1 Å². The van der Waals surface area contributed by atoms with Crippen molar-refractivity contribution in [3.05, 3.63) is 47.0 Å². The molecule has 0 saturated heterocycles. The Morgan fingerprint density at radius 3 is 3.08 bits per heavy atom. The van der Waals surface area contributed by atoms with Crippen molar-refractivity contribution < 1.29 is 14.3 Å². The molecule has 1 aromatic heterocycles. The van der Waals surface area contributed by atoms with Crippen LogP contribution in [-0.2, 0) is 6.42 Å². The second-order valence-corrected chi connectivity index (χ2v) is 7.39. The summed E-state index contributed by atoms with van der Waals surface area (Å²) in [7, 11) is 1.62. The largest absolute Gasteiger partial charge is 0.493 e. The van der Waals surface area contributed by atoms with Crippen LogP contribution in [0.2, 0.25) is 0 Å². The van der Waals surface area contributed by atoms with Crippen molar-refractivity contribution in [1.29, 1.82) is 0 Å². The highest BCUT2D eigenvalue weighted by Gasteiger charge is 2.24. The molecule has 0 fully saturated rings. The van der Waals surface area contributed by atoms with E-state index >= 15 is 0 Å². The van der Waals surface area contributed by atoms with E-state index < -0.39 is 0 Å². The van der Waals surface area contributed by atoms with Gasteiger partial charge in [0.25, 0.3) is 5.91 Å². The maximum absolute atomic E-state index is 12.7. The Hall–Kier alpha value is -2.80. The zero-order chi connectivity index (χ0) is 18.3. The number of rotatable bonds is 3. The number of benzene rings is 2. The first-order valence-corrected chi connectivity index (χ1v) is 9.13. The number of hydrogen-bond donors (Lipinski definition) is 2. The Balaban J connectivity index is 1.53. The van der Waals surface area contributed by atoms with Gasteiger partial charge in [-0.2, -0.15) is 0 Å². The molecule has 0 saturated carbocycles. The molecule has 0 bridgehead atoms. The van der Waals surface area contributed by atoms with E-state index in [1.165, 1.54) is 11.3 Å². The lowest BCUT2D eigenvalue weighted by atomic mass is 10.0. The number of ether oxygens (including phenoxy) is 2. The van der Waals surface area contributed by atoms with Crippen LogP contribution in [0, 0.1) is 6.92 Å². The van der Waals surface area contributed by atoms with Gasteiger partial charge < -0.3 is 20.5 Å². The topological polar surface area (TPSA) is 86.5 Å². The Bertz CT molecular complexity index is 999. The first-order chi connectivity index (χ1) is 12.5. The van der Waals surface area contributed by atoms with Gasteiger partial charge in [0.1, 0.15) is 6.61 Å². The van der Waals surface area contributed by atoms with Gasteiger partial charge in [0.2, 0.25) is 0 Å². The van der Waals surface area contributed by atoms with Gasteiger partial charge in [0.15, 0.2) is 16.6 Å². The van der Waals surface area contributed by atoms with Gasteiger partial charge in [-0.15, -0.1) is 0 Å². The Morgan fingerprint density at radius 1 is 1.42 bits per heavy atom. The minimum atomic E-state index is -0.123. The van der Waals surface area contributed by atoms with E-state index in [9.17, 15) is 4.79 Å². The van der Waals surface area contributed by atoms with Crippen LogP contribution in [0.5, 0.6) is 11.5 Å². The van der Waals surface area contributed by atoms with E-state index in [2.05, 4.69) is 10.3 Å². The number of aryl methyl sites for hydroxylation is 1. The minimum absolute atomic E-state index is 0.0929. The van der Waals surface area contributed by atoms with Gasteiger partial charge in [-0.3, -0.25) is 4.79 Å². The summed E-state index contributed by atoms with van der Waals surface area (Å²) in [5, 5.41) is 3.57. The number of para-hydroxylation sites is 1. The number of thiazole rings is 1. The highest BCUT2D eigenvalue weighted by atomic mass is 32.1. The maximum Gasteiger partial charge on any atom is 0.251 e. The van der Waals surface area contributed by atoms with E-state index in [-0.39, 0.29) is 11.9 Å². The molecule has 26 heavy (non-hydrogen) atoms. The van der Waals surface area contributed by atoms with Gasteiger partial charge >= 0.3 is 0 Å². The van der Waals surface area contributed by atoms with E-state index in [0.717, 1.165) is 32.8 Å². The molecule has 2 heterocycles. The van der Waals surface area contributed by atoms with Gasteiger partial charge in [-0.25, -0.2) is 4.98 Å². The van der Waals surface area contributed by atoms with Crippen molar-refractivity contribution in [2.24, 2.45) is 0 Å². The lowest BCUT2D eigenvalue weighted by molar-refractivity contribution is 0.0914. The summed E-state index contributed by atoms with van der Waals surface area (Å²) < 4.78 is 12.1. The Kier molecular flexibility index (Phi) is 4.16. The lowest BCUT2D eigenvalue weighted by Crippen LogP contribution is -2.42. The number of anilines is 1. The fraction of sp³-hybridized carbons (Fsp3) is 0.263. The fourth-order valence-electron chi connectivity index (χ4n) is 3.26. The molecule has 0 aliphatic carbocycles. The number of fused-ring (bicyclic) bond motifs is 2. The molecule has 6 nitrogen and oxygen atoms in total. The standard InChI is InChI=1S/C19H19N3O3S/c1-10-6-12(8-15-16(10)22-19(20)26-15)18(23)21-13-7-11-4-3-5-14(24-2)17(11)25-9-13/h3-6,8,13H,7,9H2,1-2H3,(H2,20,22)(H,21,23). The molecule has 0 radical (unpaired) electrons. The monoisotopic (exact) mass is 369 g/mol. The van der Waals surface area contributed by atoms with Crippen LogP contribution in [-0.4, -0.2) is 30.6 Å². The smallest absolute Gasteiger partial charge is 0.251 e. The molecule has 134 valence electrons. The number of nitrogens with two attached hydrogens (primary N) is 1. The number of carbonyl (C=O) groups excluding carboxylic acids is 1. The van der Waals surface area contributed by atoms with Crippen LogP contribution in [0.25, 0.3) is 10.2 Å². The first-order valence-electron chi connectivity index (χ1n) is 8.31. The summed E-state index contributed by atoms with van der Waals surface area (Å²) in [6.07, 6.45) is 0.701. The van der Waals surface area contributed by atoms with Crippen molar-refractivity contribution in [3.8, 4) is 11.5 Å². The fourth-order valence-corrected chi connectivity index (χ4v) is 4.11. The summed E-state index contributed by atoms with van der Waals surface area (Å²) in [4.78, 5) is 17.0. The second-order valence-electron chi connectivity index (χ2n) is 6.33. The van der Waals surface area contributed by atoms with Crippen LogP contribution in [0.4, 0.5) is 5.13 Å². The van der Waals surface area contributed by atoms with E-state index in [0.29, 0.717) is 23.7 Å². The summed E-state index contributed by atoms with van der Waals surface area (Å²) in [5.74, 6) is 1.36. The molecule has 3 aromatic rings. The maximum atomic E-state index is 12.7. The number of methoxy groups -OCH3 is 1. The zero-order valence-corrected chi connectivity index (χ0v) is 15.4. The number of nitrogen functional groups attached to an aromatic ring is 1. The number of nitrogens with one attached hydrogen (secondary N) is 1. The van der Waals surface area contributed by atoms with Crippen LogP contribution >= 0.6 is 11.3 Å². The molecule has 0 spiro atoms. The van der Waals surface area contributed by atoms with Gasteiger partial charge in [-0.1, -0.05) is 23.5 Å². The SMILES string of the molecule is COc1cccc2c1OCC(NC(=O)c1cc(C)c3nc(N)sc3c1)C2. The third-order valence-corrected chi connectivity index (χ3v) is 5.31. The Labute approximate surface area is 154 Å². The molecule has 1 amide bonds. The average Bonchev–Trinajstić information content (AvgIpc) is 3.01. The molecule has 7 heteroatoms. The average molecular weight is 369 g/mol. The molecule has 1 unspecified atom stereocenters. The minimum Gasteiger partial charge on any atom is -0.493 e. The van der Waals surface area contributed by atoms with E-state index in [1.807, 2.05) is 37.3 Å². The van der Waals surface area contributed by atoms with Crippen molar-refractivity contribution in [1.82, 2.24) is 10.3 Å². The van der Waals surface area contributed by atoms with Crippen LogP contribution in [0.3, 0.4) is 0 Å². The second kappa shape index (κ2) is 6.49. The van der Waals surface area contributed by atoms with Gasteiger partial charge in [-0.05, 0) is 37.1 Å². The third-order valence-electron chi connectivity index (χ3n) is 4.47. The molecule has 2 aromatic carbocycles. The van der Waals surface area contributed by atoms with Crippen LogP contribution in [0.15, 0.2) is 30.3 Å². The highest BCUT2D eigenvalue weighted by Crippen LogP contribution is 2.34. The normalized spacial score (nSPS) is 16.0. The predicted octanol–water partition coefficient (Wildman–Crippen LogP) is 2.93. The number of nitrogens with zero attached hydrogens (tertiary/aromatic N) is 1. The Morgan fingerprint density at radius 2 is 2.27 bits per heavy atom. The van der Waals surface area contributed by atoms with E-state index in [1.54, 1.807) is 7.11 Å². The molecule has 1 aliphatic heterocycles. The summed E-state index contributed by atoms with van der Waals surface area (Å²) in [5.41, 5.74) is 9.21. The molecule has 1 aliphatic rings. The molecular formula is C19H19N3O3S. The van der Waals surface area contributed by atoms with Crippen molar-refractivity contribution in [2.45, 2.75) is 19.4 Å². The zero-order valence-electron chi connectivity index (χ0n) is 14.5.